The Kier molecular flexibility index (Phi) is 16.9. The first-order chi connectivity index (χ1) is 12.8. The molecular formula is C19H37O7P. The Morgan fingerprint density at radius 2 is 1.48 bits per heavy atom. The van der Waals surface area contributed by atoms with Crippen molar-refractivity contribution in [1.29, 1.82) is 0 Å². The van der Waals surface area contributed by atoms with E-state index in [1.165, 1.54) is 38.5 Å². The maximum atomic E-state index is 11.5. The van der Waals surface area contributed by atoms with E-state index in [9.17, 15) is 14.5 Å². The number of aliphatic hydroxyl groups excluding tert-OH is 1. The molecule has 0 saturated carbocycles. The highest BCUT2D eigenvalue weighted by molar-refractivity contribution is 7.46. The number of allylic oxidation sites excluding steroid dienone is 2. The Hall–Kier alpha value is -0.720. The van der Waals surface area contributed by atoms with Crippen molar-refractivity contribution >= 4 is 13.8 Å². The minimum atomic E-state index is -4.62. The highest BCUT2D eigenvalue weighted by Gasteiger charge is 2.17. The number of ether oxygens (including phenoxy) is 1. The van der Waals surface area contributed by atoms with Gasteiger partial charge in [0.15, 0.2) is 0 Å². The molecule has 0 aliphatic carbocycles. The number of phosphoric ester groups is 1. The summed E-state index contributed by atoms with van der Waals surface area (Å²) >= 11 is 0. The summed E-state index contributed by atoms with van der Waals surface area (Å²) in [7, 11) is -4.62. The minimum absolute atomic E-state index is 0.281. The first kappa shape index (κ1) is 26.3. The quantitative estimate of drug-likeness (QED) is 0.134. The Labute approximate surface area is 163 Å². The Balaban J connectivity index is 3.41. The second kappa shape index (κ2) is 17.4. The summed E-state index contributed by atoms with van der Waals surface area (Å²) in [5.74, 6) is -0.420. The van der Waals surface area contributed by atoms with Crippen LogP contribution in [-0.4, -0.2) is 40.2 Å². The van der Waals surface area contributed by atoms with Crippen molar-refractivity contribution in [2.75, 3.05) is 13.2 Å². The van der Waals surface area contributed by atoms with Crippen molar-refractivity contribution in [3.63, 3.8) is 0 Å². The molecule has 0 bridgehead atoms. The summed E-state index contributed by atoms with van der Waals surface area (Å²) in [4.78, 5) is 28.5. The molecule has 0 fully saturated rings. The first-order valence-corrected chi connectivity index (χ1v) is 11.6. The molecule has 0 radical (unpaired) electrons. The minimum Gasteiger partial charge on any atom is -0.463 e. The van der Waals surface area contributed by atoms with Gasteiger partial charge in [-0.05, 0) is 32.1 Å². The normalized spacial score (nSPS) is 13.2. The van der Waals surface area contributed by atoms with Crippen molar-refractivity contribution in [2.45, 2.75) is 90.1 Å². The monoisotopic (exact) mass is 408 g/mol. The van der Waals surface area contributed by atoms with Gasteiger partial charge in [-0.25, -0.2) is 4.57 Å². The van der Waals surface area contributed by atoms with E-state index >= 15 is 0 Å². The van der Waals surface area contributed by atoms with E-state index in [4.69, 9.17) is 14.5 Å². The summed E-state index contributed by atoms with van der Waals surface area (Å²) in [6.07, 6.45) is 16.2. The second-order valence-electron chi connectivity index (χ2n) is 6.75. The molecule has 1 atom stereocenters. The molecule has 160 valence electrons. The summed E-state index contributed by atoms with van der Waals surface area (Å²) in [5, 5.41) is 9.39. The summed E-state index contributed by atoms with van der Waals surface area (Å²) in [6, 6.07) is 0. The van der Waals surface area contributed by atoms with Crippen molar-refractivity contribution in [1.82, 2.24) is 0 Å². The van der Waals surface area contributed by atoms with E-state index in [-0.39, 0.29) is 13.0 Å². The molecule has 0 aliphatic rings. The standard InChI is InChI=1S/C19H37O7P/c1-2-3-4-5-6-7-8-9-10-11-12-13-14-15-19(21)25-16-18(20)17-26-27(22,23)24/h7-8,18,20H,2-6,9-17H2,1H3,(H2,22,23,24)/b8-7+. The van der Waals surface area contributed by atoms with Gasteiger partial charge >= 0.3 is 13.8 Å². The van der Waals surface area contributed by atoms with Crippen LogP contribution in [0.2, 0.25) is 0 Å². The summed E-state index contributed by atoms with van der Waals surface area (Å²) in [6.45, 7) is 1.31. The predicted octanol–water partition coefficient (Wildman–Crippen LogP) is 4.26. The lowest BCUT2D eigenvalue weighted by Gasteiger charge is -2.12. The Morgan fingerprint density at radius 1 is 0.926 bits per heavy atom. The highest BCUT2D eigenvalue weighted by Crippen LogP contribution is 2.35. The molecule has 8 heteroatoms. The topological polar surface area (TPSA) is 113 Å². The van der Waals surface area contributed by atoms with E-state index < -0.39 is 26.5 Å². The molecule has 7 nitrogen and oxygen atoms in total. The molecule has 3 N–H and O–H groups in total. The third kappa shape index (κ3) is 21.4. The van der Waals surface area contributed by atoms with E-state index in [0.29, 0.717) is 0 Å². The van der Waals surface area contributed by atoms with Crippen molar-refractivity contribution < 1.29 is 33.5 Å². The lowest BCUT2D eigenvalue weighted by molar-refractivity contribution is -0.147. The van der Waals surface area contributed by atoms with Crippen LogP contribution in [0.4, 0.5) is 0 Å². The van der Waals surface area contributed by atoms with Crippen LogP contribution < -0.4 is 0 Å². The van der Waals surface area contributed by atoms with Crippen LogP contribution in [0.15, 0.2) is 12.2 Å². The number of aliphatic hydroxyl groups is 1. The van der Waals surface area contributed by atoms with E-state index in [1.54, 1.807) is 0 Å². The molecule has 1 unspecified atom stereocenters. The summed E-state index contributed by atoms with van der Waals surface area (Å²) < 4.78 is 19.4. The lowest BCUT2D eigenvalue weighted by Crippen LogP contribution is -2.23. The SMILES string of the molecule is CCCCCC/C=C/CCCCCCCC(=O)OCC(O)COP(=O)(O)O. The van der Waals surface area contributed by atoms with Gasteiger partial charge in [-0.2, -0.15) is 0 Å². The smallest absolute Gasteiger partial charge is 0.463 e. The predicted molar refractivity (Wildman–Crippen MR) is 105 cm³/mol. The fraction of sp³-hybridized carbons (Fsp3) is 0.842. The van der Waals surface area contributed by atoms with E-state index in [0.717, 1.165) is 32.1 Å². The molecule has 0 heterocycles. The first-order valence-electron chi connectivity index (χ1n) is 10.0. The lowest BCUT2D eigenvalue weighted by atomic mass is 10.1. The molecule has 0 amide bonds. The molecule has 0 aliphatic heterocycles. The average molecular weight is 408 g/mol. The van der Waals surface area contributed by atoms with Crippen molar-refractivity contribution in [3.8, 4) is 0 Å². The molecule has 0 aromatic heterocycles. The summed E-state index contributed by atoms with van der Waals surface area (Å²) in [5.41, 5.74) is 0. The third-order valence-corrected chi connectivity index (χ3v) is 4.50. The van der Waals surface area contributed by atoms with Gasteiger partial charge in [-0.15, -0.1) is 0 Å². The van der Waals surface area contributed by atoms with Gasteiger partial charge < -0.3 is 19.6 Å². The fourth-order valence-corrected chi connectivity index (χ4v) is 2.85. The zero-order valence-electron chi connectivity index (χ0n) is 16.6. The van der Waals surface area contributed by atoms with Gasteiger partial charge in [0.2, 0.25) is 0 Å². The molecule has 0 saturated heterocycles. The zero-order valence-corrected chi connectivity index (χ0v) is 17.4. The van der Waals surface area contributed by atoms with Gasteiger partial charge in [-0.3, -0.25) is 9.32 Å². The zero-order chi connectivity index (χ0) is 20.4. The van der Waals surface area contributed by atoms with Crippen molar-refractivity contribution in [2.24, 2.45) is 0 Å². The van der Waals surface area contributed by atoms with Gasteiger partial charge in [0.05, 0.1) is 6.61 Å². The Morgan fingerprint density at radius 3 is 2.07 bits per heavy atom. The van der Waals surface area contributed by atoms with E-state index in [1.807, 2.05) is 0 Å². The van der Waals surface area contributed by atoms with Crippen LogP contribution in [0.3, 0.4) is 0 Å². The molecule has 0 aromatic carbocycles. The van der Waals surface area contributed by atoms with Gasteiger partial charge in [0.25, 0.3) is 0 Å². The maximum Gasteiger partial charge on any atom is 0.469 e. The number of esters is 1. The number of hydrogen-bond acceptors (Lipinski definition) is 5. The molecular weight excluding hydrogens is 371 g/mol. The van der Waals surface area contributed by atoms with Gasteiger partial charge in [-0.1, -0.05) is 57.6 Å². The van der Waals surface area contributed by atoms with Crippen LogP contribution in [0, 0.1) is 0 Å². The van der Waals surface area contributed by atoms with Crippen molar-refractivity contribution in [3.05, 3.63) is 12.2 Å². The van der Waals surface area contributed by atoms with Crippen LogP contribution in [0.25, 0.3) is 0 Å². The van der Waals surface area contributed by atoms with Crippen LogP contribution in [0.1, 0.15) is 84.0 Å². The van der Waals surface area contributed by atoms with Gasteiger partial charge in [0.1, 0.15) is 12.7 Å². The molecule has 0 aromatic rings. The molecule has 27 heavy (non-hydrogen) atoms. The number of rotatable bonds is 18. The number of carbonyl (C=O) groups is 1. The van der Waals surface area contributed by atoms with Crippen LogP contribution in [0.5, 0.6) is 0 Å². The highest BCUT2D eigenvalue weighted by atomic mass is 31.2. The molecule has 0 rings (SSSR count). The fourth-order valence-electron chi connectivity index (χ4n) is 2.48. The number of carbonyl (C=O) groups excluding carboxylic acids is 1. The van der Waals surface area contributed by atoms with E-state index in [2.05, 4.69) is 23.6 Å². The number of phosphoric acid groups is 1. The molecule has 0 spiro atoms. The number of hydrogen-bond donors (Lipinski definition) is 3. The largest absolute Gasteiger partial charge is 0.469 e. The van der Waals surface area contributed by atoms with Gasteiger partial charge in [0, 0.05) is 6.42 Å². The number of unbranched alkanes of at least 4 members (excludes halogenated alkanes) is 9. The maximum absolute atomic E-state index is 11.5. The Bertz CT molecular complexity index is 434. The second-order valence-corrected chi connectivity index (χ2v) is 7.99. The average Bonchev–Trinajstić information content (AvgIpc) is 2.61. The van der Waals surface area contributed by atoms with Crippen LogP contribution >= 0.6 is 7.82 Å². The van der Waals surface area contributed by atoms with Crippen LogP contribution in [-0.2, 0) is 18.6 Å². The third-order valence-electron chi connectivity index (χ3n) is 4.01.